The molecule has 1 atom stereocenters. The van der Waals surface area contributed by atoms with Crippen molar-refractivity contribution >= 4 is 11.9 Å². The Balaban J connectivity index is 1.95. The van der Waals surface area contributed by atoms with Gasteiger partial charge in [0.15, 0.2) is 0 Å². The second-order valence-corrected chi connectivity index (χ2v) is 7.39. The number of amides is 3. The summed E-state index contributed by atoms with van der Waals surface area (Å²) in [6.45, 7) is 4.67. The van der Waals surface area contributed by atoms with Gasteiger partial charge in [-0.05, 0) is 30.7 Å². The monoisotopic (exact) mass is 372 g/mol. The third kappa shape index (κ3) is 5.69. The average molecular weight is 372 g/mol. The summed E-state index contributed by atoms with van der Waals surface area (Å²) in [5, 5.41) is 24.8. The first-order valence-corrected chi connectivity index (χ1v) is 9.33. The van der Waals surface area contributed by atoms with Crippen LogP contribution in [0.2, 0.25) is 0 Å². The number of hydrogen-bond acceptors (Lipinski definition) is 4. The maximum Gasteiger partial charge on any atom is 0.318 e. The summed E-state index contributed by atoms with van der Waals surface area (Å²) in [5.41, 5.74) is -0.0712. The molecule has 1 saturated heterocycles. The van der Waals surface area contributed by atoms with Gasteiger partial charge in [-0.1, -0.05) is 44.2 Å². The van der Waals surface area contributed by atoms with Crippen LogP contribution in [0.5, 0.6) is 0 Å². The van der Waals surface area contributed by atoms with Crippen LogP contribution < -0.4 is 10.6 Å². The first kappa shape index (κ1) is 20.7. The maximum atomic E-state index is 12.6. The lowest BCUT2D eigenvalue weighted by atomic mass is 9.84. The highest BCUT2D eigenvalue weighted by atomic mass is 16.3. The summed E-state index contributed by atoms with van der Waals surface area (Å²) in [6.07, 6.45) is 1.38. The highest BCUT2D eigenvalue weighted by Gasteiger charge is 2.36. The molecule has 7 heteroatoms. The van der Waals surface area contributed by atoms with Crippen molar-refractivity contribution in [2.24, 2.45) is 5.92 Å². The first-order valence-electron chi connectivity index (χ1n) is 9.33. The Morgan fingerprint density at radius 3 is 2.44 bits per heavy atom. The number of rotatable bonds is 6. The summed E-state index contributed by atoms with van der Waals surface area (Å²) >= 11 is 0. The van der Waals surface area contributed by atoms with E-state index in [0.29, 0.717) is 32.4 Å². The van der Waals surface area contributed by atoms with Crippen LogP contribution in [0.4, 0.5) is 4.79 Å². The van der Waals surface area contributed by atoms with Gasteiger partial charge in [0.1, 0.15) is 12.6 Å². The number of nitrogens with zero attached hydrogens (tertiary/aromatic N) is 2. The van der Waals surface area contributed by atoms with Gasteiger partial charge in [-0.2, -0.15) is 5.26 Å². The molecule has 27 heavy (non-hydrogen) atoms. The molecule has 0 radical (unpaired) electrons. The Bertz CT molecular complexity index is 676. The number of likely N-dealkylation sites (tertiary alicyclic amines) is 1. The molecule has 0 spiro atoms. The molecule has 7 nitrogen and oxygen atoms in total. The zero-order valence-corrected chi connectivity index (χ0v) is 15.9. The molecular formula is C20H28N4O3. The molecule has 1 fully saturated rings. The van der Waals surface area contributed by atoms with E-state index in [9.17, 15) is 14.7 Å². The number of carbonyl (C=O) groups is 2. The average Bonchev–Trinajstić information content (AvgIpc) is 2.66. The van der Waals surface area contributed by atoms with E-state index in [-0.39, 0.29) is 24.4 Å². The van der Waals surface area contributed by atoms with E-state index in [1.165, 1.54) is 0 Å². The molecule has 1 aliphatic rings. The van der Waals surface area contributed by atoms with Gasteiger partial charge in [-0.25, -0.2) is 4.79 Å². The Hall–Kier alpha value is -2.59. The molecular weight excluding hydrogens is 344 g/mol. The molecule has 3 amide bonds. The summed E-state index contributed by atoms with van der Waals surface area (Å²) in [5.74, 6) is -0.135. The van der Waals surface area contributed by atoms with Gasteiger partial charge in [-0.15, -0.1) is 0 Å². The Morgan fingerprint density at radius 1 is 1.26 bits per heavy atom. The predicted molar refractivity (Wildman–Crippen MR) is 102 cm³/mol. The number of aliphatic hydroxyl groups is 1. The maximum absolute atomic E-state index is 12.6. The molecule has 0 bridgehead atoms. The van der Waals surface area contributed by atoms with E-state index in [1.807, 2.05) is 50.2 Å². The topological polar surface area (TPSA) is 105 Å². The van der Waals surface area contributed by atoms with Crippen molar-refractivity contribution in [3.63, 3.8) is 0 Å². The number of nitrogens with one attached hydrogen (secondary N) is 2. The van der Waals surface area contributed by atoms with Crippen LogP contribution in [0.3, 0.4) is 0 Å². The molecule has 1 aromatic carbocycles. The SMILES string of the molecule is CC(C)C[C@H](NC(=O)N1CCC(O)(c2ccccc2)CC1)C(=O)NCC#N. The van der Waals surface area contributed by atoms with Crippen molar-refractivity contribution in [2.45, 2.75) is 44.8 Å². The van der Waals surface area contributed by atoms with Gasteiger partial charge in [0.2, 0.25) is 5.91 Å². The fourth-order valence-corrected chi connectivity index (χ4v) is 3.31. The molecule has 1 aliphatic heterocycles. The number of urea groups is 1. The Kier molecular flexibility index (Phi) is 7.19. The van der Waals surface area contributed by atoms with E-state index >= 15 is 0 Å². The van der Waals surface area contributed by atoms with Crippen molar-refractivity contribution in [3.8, 4) is 6.07 Å². The minimum atomic E-state index is -0.931. The molecule has 0 unspecified atom stereocenters. The van der Waals surface area contributed by atoms with Crippen LogP contribution in [0.15, 0.2) is 30.3 Å². The molecule has 1 heterocycles. The predicted octanol–water partition coefficient (Wildman–Crippen LogP) is 1.73. The zero-order valence-electron chi connectivity index (χ0n) is 15.9. The summed E-state index contributed by atoms with van der Waals surface area (Å²) in [4.78, 5) is 26.4. The van der Waals surface area contributed by atoms with Gasteiger partial charge in [0.25, 0.3) is 0 Å². The minimum absolute atomic E-state index is 0.0862. The van der Waals surface area contributed by atoms with Crippen molar-refractivity contribution in [3.05, 3.63) is 35.9 Å². The van der Waals surface area contributed by atoms with E-state index in [2.05, 4.69) is 10.6 Å². The van der Waals surface area contributed by atoms with Crippen molar-refractivity contribution in [2.75, 3.05) is 19.6 Å². The number of nitriles is 1. The molecule has 2 rings (SSSR count). The summed E-state index contributed by atoms with van der Waals surface area (Å²) in [6, 6.07) is 10.3. The van der Waals surface area contributed by atoms with Gasteiger partial charge in [0.05, 0.1) is 11.7 Å². The first-order chi connectivity index (χ1) is 12.9. The van der Waals surface area contributed by atoms with Crippen molar-refractivity contribution in [1.82, 2.24) is 15.5 Å². The third-order valence-electron chi connectivity index (χ3n) is 4.85. The number of benzene rings is 1. The highest BCUT2D eigenvalue weighted by molar-refractivity contribution is 5.87. The lowest BCUT2D eigenvalue weighted by Gasteiger charge is -2.39. The van der Waals surface area contributed by atoms with Crippen LogP contribution in [0, 0.1) is 17.2 Å². The largest absolute Gasteiger partial charge is 0.385 e. The minimum Gasteiger partial charge on any atom is -0.385 e. The van der Waals surface area contributed by atoms with E-state index in [1.54, 1.807) is 4.90 Å². The summed E-state index contributed by atoms with van der Waals surface area (Å²) in [7, 11) is 0. The fraction of sp³-hybridized carbons (Fsp3) is 0.550. The molecule has 0 aliphatic carbocycles. The van der Waals surface area contributed by atoms with Crippen LogP contribution in [0.1, 0.15) is 38.7 Å². The smallest absolute Gasteiger partial charge is 0.318 e. The number of carbonyl (C=O) groups excluding carboxylic acids is 2. The lowest BCUT2D eigenvalue weighted by molar-refractivity contribution is -0.123. The molecule has 146 valence electrons. The van der Waals surface area contributed by atoms with E-state index in [0.717, 1.165) is 5.56 Å². The van der Waals surface area contributed by atoms with E-state index in [4.69, 9.17) is 5.26 Å². The second kappa shape index (κ2) is 9.38. The lowest BCUT2D eigenvalue weighted by Crippen LogP contribution is -2.54. The fourth-order valence-electron chi connectivity index (χ4n) is 3.31. The van der Waals surface area contributed by atoms with Crippen LogP contribution in [-0.4, -0.2) is 47.6 Å². The Labute approximate surface area is 160 Å². The van der Waals surface area contributed by atoms with Gasteiger partial charge in [0, 0.05) is 13.1 Å². The third-order valence-corrected chi connectivity index (χ3v) is 4.85. The Morgan fingerprint density at radius 2 is 1.89 bits per heavy atom. The van der Waals surface area contributed by atoms with Gasteiger partial charge in [-0.3, -0.25) is 4.79 Å². The quantitative estimate of drug-likeness (QED) is 0.661. The van der Waals surface area contributed by atoms with Gasteiger partial charge >= 0.3 is 6.03 Å². The van der Waals surface area contributed by atoms with E-state index < -0.39 is 11.6 Å². The van der Waals surface area contributed by atoms with Crippen molar-refractivity contribution in [1.29, 1.82) is 5.26 Å². The summed E-state index contributed by atoms with van der Waals surface area (Å²) < 4.78 is 0. The van der Waals surface area contributed by atoms with Crippen LogP contribution >= 0.6 is 0 Å². The standard InChI is InChI=1S/C20H28N4O3/c1-15(2)14-17(18(25)22-11-10-21)23-19(26)24-12-8-20(27,9-13-24)16-6-4-3-5-7-16/h3-7,15,17,27H,8-9,11-14H2,1-2H3,(H,22,25)(H,23,26)/t17-/m0/s1. The molecule has 3 N–H and O–H groups in total. The zero-order chi connectivity index (χ0) is 19.9. The van der Waals surface area contributed by atoms with Crippen LogP contribution in [-0.2, 0) is 10.4 Å². The molecule has 1 aromatic rings. The van der Waals surface area contributed by atoms with Gasteiger partial charge < -0.3 is 20.6 Å². The second-order valence-electron chi connectivity index (χ2n) is 7.39. The highest BCUT2D eigenvalue weighted by Crippen LogP contribution is 2.32. The molecule has 0 aromatic heterocycles. The van der Waals surface area contributed by atoms with Crippen LogP contribution in [0.25, 0.3) is 0 Å². The number of hydrogen-bond donors (Lipinski definition) is 3. The normalized spacial score (nSPS) is 17.1. The molecule has 0 saturated carbocycles. The number of piperidine rings is 1. The van der Waals surface area contributed by atoms with Crippen molar-refractivity contribution < 1.29 is 14.7 Å².